The van der Waals surface area contributed by atoms with Crippen molar-refractivity contribution in [3.05, 3.63) is 50.4 Å². The van der Waals surface area contributed by atoms with Crippen LogP contribution in [-0.2, 0) is 14.1 Å². The second-order valence-corrected chi connectivity index (χ2v) is 5.47. The molecule has 24 heavy (non-hydrogen) atoms. The molecule has 0 aliphatic carbocycles. The highest BCUT2D eigenvalue weighted by Crippen LogP contribution is 2.32. The van der Waals surface area contributed by atoms with Crippen LogP contribution in [0.1, 0.15) is 11.4 Å². The number of imidazole rings is 1. The average molecular weight is 326 g/mol. The third-order valence-corrected chi connectivity index (χ3v) is 3.94. The van der Waals surface area contributed by atoms with Gasteiger partial charge in [-0.25, -0.2) is 9.78 Å². The number of aromatic nitrogens is 4. The van der Waals surface area contributed by atoms with E-state index < -0.39 is 11.2 Å². The molecule has 3 heterocycles. The van der Waals surface area contributed by atoms with Gasteiger partial charge in [-0.05, 0) is 23.8 Å². The maximum atomic E-state index is 12.1. The zero-order valence-electron chi connectivity index (χ0n) is 13.1. The maximum Gasteiger partial charge on any atom is 0.332 e. The maximum absolute atomic E-state index is 12.1. The summed E-state index contributed by atoms with van der Waals surface area (Å²) < 4.78 is 13.0. The normalized spacial score (nSPS) is 13.2. The van der Waals surface area contributed by atoms with Crippen LogP contribution < -0.4 is 20.7 Å². The summed E-state index contributed by atoms with van der Waals surface area (Å²) in [5.41, 5.74) is 0.716. The molecule has 0 saturated heterocycles. The lowest BCUT2D eigenvalue weighted by Gasteiger charge is -2.00. The molecule has 2 aromatic heterocycles. The number of hydrogen-bond acceptors (Lipinski definition) is 5. The van der Waals surface area contributed by atoms with Gasteiger partial charge in [0, 0.05) is 14.1 Å². The van der Waals surface area contributed by atoms with Crippen molar-refractivity contribution in [2.45, 2.75) is 0 Å². The number of aryl methyl sites for hydroxylation is 1. The van der Waals surface area contributed by atoms with E-state index in [0.29, 0.717) is 22.7 Å². The first-order valence-electron chi connectivity index (χ1n) is 7.28. The Kier molecular flexibility index (Phi) is 3.05. The number of nitrogens with zero attached hydrogens (tertiary/aromatic N) is 3. The average Bonchev–Trinajstić information content (AvgIpc) is 3.22. The van der Waals surface area contributed by atoms with Gasteiger partial charge in [-0.2, -0.15) is 0 Å². The molecule has 0 saturated carbocycles. The van der Waals surface area contributed by atoms with E-state index >= 15 is 0 Å². The third-order valence-electron chi connectivity index (χ3n) is 3.94. The first-order chi connectivity index (χ1) is 11.5. The predicted molar refractivity (Wildman–Crippen MR) is 88.1 cm³/mol. The molecule has 8 heteroatoms. The molecule has 0 spiro atoms. The molecule has 0 bridgehead atoms. The van der Waals surface area contributed by atoms with Gasteiger partial charge >= 0.3 is 5.69 Å². The summed E-state index contributed by atoms with van der Waals surface area (Å²) in [5, 5.41) is 0. The highest BCUT2D eigenvalue weighted by Gasteiger charge is 2.13. The van der Waals surface area contributed by atoms with Gasteiger partial charge in [0.05, 0.1) is 0 Å². The van der Waals surface area contributed by atoms with Gasteiger partial charge in [-0.1, -0.05) is 12.1 Å². The fourth-order valence-electron chi connectivity index (χ4n) is 2.61. The van der Waals surface area contributed by atoms with Gasteiger partial charge < -0.3 is 14.5 Å². The van der Waals surface area contributed by atoms with Crippen LogP contribution in [0.25, 0.3) is 23.3 Å². The van der Waals surface area contributed by atoms with Crippen molar-refractivity contribution >= 4 is 23.3 Å². The van der Waals surface area contributed by atoms with E-state index in [2.05, 4.69) is 9.97 Å². The molecule has 1 aliphatic heterocycles. The Hall–Kier alpha value is -3.29. The summed E-state index contributed by atoms with van der Waals surface area (Å²) in [4.78, 5) is 31.3. The molecule has 0 unspecified atom stereocenters. The lowest BCUT2D eigenvalue weighted by atomic mass is 10.2. The molecule has 1 aromatic carbocycles. The van der Waals surface area contributed by atoms with Gasteiger partial charge in [0.15, 0.2) is 17.1 Å². The fraction of sp³-hybridized carbons (Fsp3) is 0.188. The van der Waals surface area contributed by atoms with Crippen LogP contribution in [-0.4, -0.2) is 25.9 Å². The van der Waals surface area contributed by atoms with Crippen LogP contribution in [0.4, 0.5) is 0 Å². The highest BCUT2D eigenvalue weighted by atomic mass is 16.7. The van der Waals surface area contributed by atoms with Crippen molar-refractivity contribution in [1.29, 1.82) is 0 Å². The molecule has 0 amide bonds. The Morgan fingerprint density at radius 1 is 1.12 bits per heavy atom. The van der Waals surface area contributed by atoms with Crippen molar-refractivity contribution in [3.63, 3.8) is 0 Å². The number of ether oxygens (including phenoxy) is 2. The molecule has 1 aliphatic rings. The number of H-pyrrole nitrogens is 1. The second-order valence-electron chi connectivity index (χ2n) is 5.47. The van der Waals surface area contributed by atoms with E-state index in [1.54, 1.807) is 13.1 Å². The quantitative estimate of drug-likeness (QED) is 0.754. The van der Waals surface area contributed by atoms with Crippen LogP contribution >= 0.6 is 0 Å². The van der Waals surface area contributed by atoms with Crippen LogP contribution in [0.2, 0.25) is 0 Å². The molecule has 8 nitrogen and oxygen atoms in total. The zero-order valence-corrected chi connectivity index (χ0v) is 13.1. The summed E-state index contributed by atoms with van der Waals surface area (Å²) >= 11 is 0. The van der Waals surface area contributed by atoms with E-state index in [4.69, 9.17) is 9.47 Å². The summed E-state index contributed by atoms with van der Waals surface area (Å²) in [7, 11) is 3.02. The Morgan fingerprint density at radius 3 is 2.75 bits per heavy atom. The molecule has 122 valence electrons. The van der Waals surface area contributed by atoms with E-state index in [-0.39, 0.29) is 6.79 Å². The van der Waals surface area contributed by atoms with Gasteiger partial charge in [0.2, 0.25) is 6.79 Å². The topological polar surface area (TPSA) is 91.1 Å². The van der Waals surface area contributed by atoms with Crippen molar-refractivity contribution in [2.24, 2.45) is 14.1 Å². The smallest absolute Gasteiger partial charge is 0.332 e. The summed E-state index contributed by atoms with van der Waals surface area (Å²) in [6.45, 7) is 0.226. The summed E-state index contributed by atoms with van der Waals surface area (Å²) in [6, 6.07) is 5.58. The molecule has 4 rings (SSSR count). The number of fused-ring (bicyclic) bond motifs is 2. The highest BCUT2D eigenvalue weighted by molar-refractivity contribution is 5.75. The van der Waals surface area contributed by atoms with Crippen molar-refractivity contribution in [2.75, 3.05) is 6.79 Å². The molecule has 0 atom stereocenters. The first-order valence-corrected chi connectivity index (χ1v) is 7.28. The SMILES string of the molecule is Cn1c(=O)c2[nH]c(/C=C\c3ccc4c(c3)OCO4)nc2n(C)c1=O. The van der Waals surface area contributed by atoms with Gasteiger partial charge in [-0.3, -0.25) is 13.9 Å². The second kappa shape index (κ2) is 5.12. The lowest BCUT2D eigenvalue weighted by molar-refractivity contribution is 0.174. The predicted octanol–water partition coefficient (Wildman–Crippen LogP) is 0.859. The fourth-order valence-corrected chi connectivity index (χ4v) is 2.61. The molecule has 1 N–H and O–H groups in total. The largest absolute Gasteiger partial charge is 0.454 e. The van der Waals surface area contributed by atoms with Gasteiger partial charge in [0.1, 0.15) is 11.3 Å². The number of hydrogen-bond donors (Lipinski definition) is 1. The molecule has 0 radical (unpaired) electrons. The first kappa shape index (κ1) is 14.3. The minimum Gasteiger partial charge on any atom is -0.454 e. The Bertz CT molecular complexity index is 1100. The van der Waals surface area contributed by atoms with E-state index in [1.807, 2.05) is 24.3 Å². The number of rotatable bonds is 2. The van der Waals surface area contributed by atoms with Crippen LogP contribution in [0.3, 0.4) is 0 Å². The number of aromatic amines is 1. The Morgan fingerprint density at radius 2 is 1.92 bits per heavy atom. The lowest BCUT2D eigenvalue weighted by Crippen LogP contribution is -2.36. The Labute approximate surface area is 135 Å². The monoisotopic (exact) mass is 326 g/mol. The standard InChI is InChI=1S/C16H14N4O4/c1-19-14-13(15(21)20(2)16(19)22)17-12(18-14)6-4-9-3-5-10-11(7-9)24-8-23-10/h3-7H,8H2,1-2H3,(H,17,18)/b6-4-. The van der Waals surface area contributed by atoms with Gasteiger partial charge in [0.25, 0.3) is 5.56 Å². The molecular formula is C16H14N4O4. The minimum absolute atomic E-state index is 0.226. The van der Waals surface area contributed by atoms with Crippen LogP contribution in [0.15, 0.2) is 27.8 Å². The Balaban J connectivity index is 1.75. The summed E-state index contributed by atoms with van der Waals surface area (Å²) in [5.74, 6) is 1.90. The third kappa shape index (κ3) is 2.11. The number of nitrogens with one attached hydrogen (secondary N) is 1. The van der Waals surface area contributed by atoms with Crippen molar-refractivity contribution in [1.82, 2.24) is 19.1 Å². The van der Waals surface area contributed by atoms with E-state index in [9.17, 15) is 9.59 Å². The van der Waals surface area contributed by atoms with E-state index in [1.165, 1.54) is 11.6 Å². The van der Waals surface area contributed by atoms with Crippen LogP contribution in [0.5, 0.6) is 11.5 Å². The summed E-state index contributed by atoms with van der Waals surface area (Å²) in [6.07, 6.45) is 3.57. The van der Waals surface area contributed by atoms with Gasteiger partial charge in [-0.15, -0.1) is 0 Å². The van der Waals surface area contributed by atoms with Crippen molar-refractivity contribution < 1.29 is 9.47 Å². The molecule has 0 fully saturated rings. The zero-order chi connectivity index (χ0) is 16.8. The van der Waals surface area contributed by atoms with Crippen molar-refractivity contribution in [3.8, 4) is 11.5 Å². The minimum atomic E-state index is -0.412. The van der Waals surface area contributed by atoms with E-state index in [0.717, 1.165) is 15.9 Å². The molecule has 3 aromatic rings. The number of benzene rings is 1. The van der Waals surface area contributed by atoms with Crippen LogP contribution in [0, 0.1) is 0 Å². The molecular weight excluding hydrogens is 312 g/mol.